The molecular weight excluding hydrogens is 202 g/mol. The maximum Gasteiger partial charge on any atom is 0.139 e. The van der Waals surface area contributed by atoms with Gasteiger partial charge in [-0.1, -0.05) is 25.9 Å². The molecule has 0 aromatic carbocycles. The van der Waals surface area contributed by atoms with E-state index in [9.17, 15) is 0 Å². The summed E-state index contributed by atoms with van der Waals surface area (Å²) in [6.45, 7) is 8.84. The lowest BCUT2D eigenvalue weighted by Gasteiger charge is -2.29. The minimum absolute atomic E-state index is 0.274. The first-order valence-corrected chi connectivity index (χ1v) is 5.91. The molecule has 1 rings (SSSR count). The number of hydrogen-bond donors (Lipinski definition) is 2. The van der Waals surface area contributed by atoms with E-state index in [1.165, 1.54) is 12.8 Å². The molecule has 0 aromatic rings. The molecule has 0 saturated heterocycles. The fraction of sp³-hybridized carbons (Fsp3) is 0.917. The molecule has 16 heavy (non-hydrogen) atoms. The fourth-order valence-electron chi connectivity index (χ4n) is 2.43. The van der Waals surface area contributed by atoms with Crippen LogP contribution in [0.5, 0.6) is 0 Å². The second kappa shape index (κ2) is 4.62. The maximum absolute atomic E-state index is 8.60. The molecule has 4 heteroatoms. The SMILES string of the molecule is CN(CC(C)(C)C)CC1(CC(N)=NO)CC1. The van der Waals surface area contributed by atoms with Crippen LogP contribution in [-0.4, -0.2) is 36.1 Å². The highest BCUT2D eigenvalue weighted by molar-refractivity contribution is 5.80. The third-order valence-corrected chi connectivity index (χ3v) is 2.99. The van der Waals surface area contributed by atoms with E-state index < -0.39 is 0 Å². The quantitative estimate of drug-likeness (QED) is 0.326. The van der Waals surface area contributed by atoms with E-state index in [1.807, 2.05) is 0 Å². The van der Waals surface area contributed by atoms with E-state index in [0.29, 0.717) is 11.3 Å². The van der Waals surface area contributed by atoms with Crippen LogP contribution in [-0.2, 0) is 0 Å². The molecule has 1 fully saturated rings. The lowest BCUT2D eigenvalue weighted by molar-refractivity contribution is 0.193. The van der Waals surface area contributed by atoms with E-state index >= 15 is 0 Å². The zero-order chi connectivity index (χ0) is 12.4. The number of oxime groups is 1. The van der Waals surface area contributed by atoms with Crippen molar-refractivity contribution in [2.75, 3.05) is 20.1 Å². The normalized spacial score (nSPS) is 20.2. The van der Waals surface area contributed by atoms with Gasteiger partial charge in [0.05, 0.1) is 0 Å². The number of amidine groups is 1. The van der Waals surface area contributed by atoms with Crippen LogP contribution in [0.15, 0.2) is 5.16 Å². The van der Waals surface area contributed by atoms with Crippen LogP contribution >= 0.6 is 0 Å². The van der Waals surface area contributed by atoms with E-state index in [0.717, 1.165) is 19.5 Å². The van der Waals surface area contributed by atoms with Gasteiger partial charge in [0.1, 0.15) is 5.84 Å². The molecule has 1 aliphatic rings. The highest BCUT2D eigenvalue weighted by Crippen LogP contribution is 2.49. The summed E-state index contributed by atoms with van der Waals surface area (Å²) in [4.78, 5) is 2.36. The van der Waals surface area contributed by atoms with Crippen molar-refractivity contribution in [1.29, 1.82) is 0 Å². The molecule has 0 radical (unpaired) electrons. The Morgan fingerprint density at radius 2 is 2.00 bits per heavy atom. The Morgan fingerprint density at radius 1 is 1.44 bits per heavy atom. The van der Waals surface area contributed by atoms with Crippen molar-refractivity contribution in [1.82, 2.24) is 4.90 Å². The van der Waals surface area contributed by atoms with E-state index in [2.05, 4.69) is 37.9 Å². The van der Waals surface area contributed by atoms with Crippen LogP contribution in [0.25, 0.3) is 0 Å². The van der Waals surface area contributed by atoms with Gasteiger partial charge in [-0.2, -0.15) is 0 Å². The van der Waals surface area contributed by atoms with Crippen molar-refractivity contribution in [2.24, 2.45) is 21.7 Å². The van der Waals surface area contributed by atoms with Gasteiger partial charge in [0, 0.05) is 19.5 Å². The van der Waals surface area contributed by atoms with Crippen molar-refractivity contribution in [3.05, 3.63) is 0 Å². The summed E-state index contributed by atoms with van der Waals surface area (Å²) in [5, 5.41) is 11.7. The largest absolute Gasteiger partial charge is 0.409 e. The standard InChI is InChI=1S/C12H25N3O/c1-11(2,3)8-15(4)9-12(5-6-12)7-10(13)14-16/h16H,5-9H2,1-4H3,(H2,13,14). The number of hydrogen-bond acceptors (Lipinski definition) is 3. The summed E-state index contributed by atoms with van der Waals surface area (Å²) >= 11 is 0. The molecule has 94 valence electrons. The van der Waals surface area contributed by atoms with Crippen LogP contribution in [0, 0.1) is 10.8 Å². The zero-order valence-electron chi connectivity index (χ0n) is 11.0. The highest BCUT2D eigenvalue weighted by Gasteiger charge is 2.44. The first-order valence-electron chi connectivity index (χ1n) is 5.91. The first kappa shape index (κ1) is 13.3. The van der Waals surface area contributed by atoms with Gasteiger partial charge in [0.15, 0.2) is 0 Å². The molecular formula is C12H25N3O. The predicted molar refractivity (Wildman–Crippen MR) is 66.6 cm³/mol. The minimum Gasteiger partial charge on any atom is -0.409 e. The summed E-state index contributed by atoms with van der Waals surface area (Å²) in [5.74, 6) is 0.363. The molecule has 3 N–H and O–H groups in total. The second-order valence-electron chi connectivity index (χ2n) is 6.50. The molecule has 0 unspecified atom stereocenters. The Hall–Kier alpha value is -0.770. The molecule has 0 amide bonds. The van der Waals surface area contributed by atoms with Crippen molar-refractivity contribution < 1.29 is 5.21 Å². The average molecular weight is 227 g/mol. The Labute approximate surface area is 98.5 Å². The highest BCUT2D eigenvalue weighted by atomic mass is 16.4. The maximum atomic E-state index is 8.60. The van der Waals surface area contributed by atoms with Gasteiger partial charge in [-0.15, -0.1) is 0 Å². The second-order valence-corrected chi connectivity index (χ2v) is 6.50. The Bertz CT molecular complexity index is 264. The van der Waals surface area contributed by atoms with Crippen molar-refractivity contribution in [2.45, 2.75) is 40.0 Å². The van der Waals surface area contributed by atoms with E-state index in [1.54, 1.807) is 0 Å². The molecule has 0 spiro atoms. The monoisotopic (exact) mass is 227 g/mol. The van der Waals surface area contributed by atoms with Gasteiger partial charge in [0.2, 0.25) is 0 Å². The molecule has 0 heterocycles. The topological polar surface area (TPSA) is 61.8 Å². The molecule has 0 aliphatic heterocycles. The fourth-order valence-corrected chi connectivity index (χ4v) is 2.43. The smallest absolute Gasteiger partial charge is 0.139 e. The van der Waals surface area contributed by atoms with Crippen LogP contribution in [0.4, 0.5) is 0 Å². The number of rotatable bonds is 5. The van der Waals surface area contributed by atoms with Crippen molar-refractivity contribution in [3.8, 4) is 0 Å². The lowest BCUT2D eigenvalue weighted by Crippen LogP contribution is -2.35. The summed E-state index contributed by atoms with van der Waals surface area (Å²) < 4.78 is 0. The molecule has 0 bridgehead atoms. The summed E-state index contributed by atoms with van der Waals surface area (Å²) in [6, 6.07) is 0. The van der Waals surface area contributed by atoms with E-state index in [-0.39, 0.29) is 5.41 Å². The lowest BCUT2D eigenvalue weighted by atomic mass is 9.94. The number of nitrogens with two attached hydrogens (primary N) is 1. The zero-order valence-corrected chi connectivity index (χ0v) is 11.0. The average Bonchev–Trinajstić information content (AvgIpc) is 2.80. The van der Waals surface area contributed by atoms with Crippen LogP contribution < -0.4 is 5.73 Å². The molecule has 0 atom stereocenters. The van der Waals surface area contributed by atoms with Crippen LogP contribution in [0.2, 0.25) is 0 Å². The Morgan fingerprint density at radius 3 is 2.38 bits per heavy atom. The van der Waals surface area contributed by atoms with Crippen LogP contribution in [0.3, 0.4) is 0 Å². The molecule has 1 saturated carbocycles. The molecule has 0 aromatic heterocycles. The summed E-state index contributed by atoms with van der Waals surface area (Å²) in [7, 11) is 2.15. The Balaban J connectivity index is 2.42. The van der Waals surface area contributed by atoms with Gasteiger partial charge in [0.25, 0.3) is 0 Å². The number of nitrogens with zero attached hydrogens (tertiary/aromatic N) is 2. The van der Waals surface area contributed by atoms with Gasteiger partial charge in [-0.3, -0.25) is 0 Å². The van der Waals surface area contributed by atoms with Crippen molar-refractivity contribution >= 4 is 5.84 Å². The van der Waals surface area contributed by atoms with Gasteiger partial charge < -0.3 is 15.8 Å². The van der Waals surface area contributed by atoms with Crippen LogP contribution in [0.1, 0.15) is 40.0 Å². The summed E-state index contributed by atoms with van der Waals surface area (Å²) in [6.07, 6.45) is 3.10. The van der Waals surface area contributed by atoms with Crippen molar-refractivity contribution in [3.63, 3.8) is 0 Å². The minimum atomic E-state index is 0.274. The third-order valence-electron chi connectivity index (χ3n) is 2.99. The Kier molecular flexibility index (Phi) is 3.84. The molecule has 1 aliphatic carbocycles. The molecule has 4 nitrogen and oxygen atoms in total. The first-order chi connectivity index (χ1) is 7.26. The van der Waals surface area contributed by atoms with Gasteiger partial charge >= 0.3 is 0 Å². The van der Waals surface area contributed by atoms with Gasteiger partial charge in [-0.05, 0) is 30.7 Å². The van der Waals surface area contributed by atoms with Gasteiger partial charge in [-0.25, -0.2) is 0 Å². The van der Waals surface area contributed by atoms with E-state index in [4.69, 9.17) is 10.9 Å². The third kappa shape index (κ3) is 4.39. The summed E-state index contributed by atoms with van der Waals surface area (Å²) in [5.41, 5.74) is 6.18. The predicted octanol–water partition coefficient (Wildman–Crippen LogP) is 1.88.